The summed E-state index contributed by atoms with van der Waals surface area (Å²) < 4.78 is 6.56. The number of H-pyrrole nitrogens is 1. The number of rotatable bonds is 5. The Kier molecular flexibility index (Phi) is 4.84. The van der Waals surface area contributed by atoms with E-state index in [2.05, 4.69) is 10.1 Å². The average molecular weight is 371 g/mol. The van der Waals surface area contributed by atoms with Crippen LogP contribution in [0.2, 0.25) is 0 Å². The Morgan fingerprint density at radius 2 is 1.61 bits per heavy atom. The van der Waals surface area contributed by atoms with Crippen molar-refractivity contribution in [2.45, 2.75) is 6.61 Å². The zero-order valence-corrected chi connectivity index (χ0v) is 14.9. The molecular formula is C22H17N3O3. The molecule has 0 radical (unpaired) electrons. The third-order valence-corrected chi connectivity index (χ3v) is 4.23. The van der Waals surface area contributed by atoms with Gasteiger partial charge in [0, 0.05) is 0 Å². The van der Waals surface area contributed by atoms with Crippen LogP contribution in [0.4, 0.5) is 0 Å². The number of hydrogen-bond donors (Lipinski definition) is 1. The maximum atomic E-state index is 12.5. The molecule has 0 unspecified atom stereocenters. The lowest BCUT2D eigenvalue weighted by Crippen LogP contribution is -2.32. The largest absolute Gasteiger partial charge is 0.489 e. The lowest BCUT2D eigenvalue weighted by atomic mass is 10.2. The highest BCUT2D eigenvalue weighted by atomic mass is 16.5. The second kappa shape index (κ2) is 7.75. The monoisotopic (exact) mass is 371 g/mol. The molecule has 0 bridgehead atoms. The molecule has 0 fully saturated rings. The lowest BCUT2D eigenvalue weighted by molar-refractivity contribution is 0.306. The van der Waals surface area contributed by atoms with Crippen molar-refractivity contribution in [2.75, 3.05) is 0 Å². The molecule has 0 spiro atoms. The minimum Gasteiger partial charge on any atom is -0.489 e. The predicted molar refractivity (Wildman–Crippen MR) is 109 cm³/mol. The number of nitrogens with one attached hydrogen (secondary N) is 1. The van der Waals surface area contributed by atoms with E-state index in [-0.39, 0.29) is 0 Å². The van der Waals surface area contributed by atoms with Crippen molar-refractivity contribution < 1.29 is 4.74 Å². The highest BCUT2D eigenvalue weighted by molar-refractivity contribution is 5.80. The van der Waals surface area contributed by atoms with Crippen LogP contribution < -0.4 is 16.0 Å². The van der Waals surface area contributed by atoms with E-state index in [1.807, 2.05) is 54.6 Å². The van der Waals surface area contributed by atoms with E-state index in [1.54, 1.807) is 24.3 Å². The molecular weight excluding hydrogens is 354 g/mol. The number of para-hydroxylation sites is 1. The number of benzene rings is 3. The fraction of sp³-hybridized carbons (Fsp3) is 0.0455. The number of fused-ring (bicyclic) bond motifs is 1. The molecule has 0 aliphatic heterocycles. The minimum atomic E-state index is -0.581. The van der Waals surface area contributed by atoms with Crippen molar-refractivity contribution in [3.05, 3.63) is 111 Å². The van der Waals surface area contributed by atoms with Crippen molar-refractivity contribution in [3.63, 3.8) is 0 Å². The molecule has 1 aromatic heterocycles. The summed E-state index contributed by atoms with van der Waals surface area (Å²) in [4.78, 5) is 27.2. The van der Waals surface area contributed by atoms with Crippen LogP contribution in [-0.2, 0) is 6.61 Å². The summed E-state index contributed by atoms with van der Waals surface area (Å²) >= 11 is 0. The number of aromatic nitrogens is 2. The summed E-state index contributed by atoms with van der Waals surface area (Å²) in [6.07, 6.45) is 1.46. The van der Waals surface area contributed by atoms with E-state index in [9.17, 15) is 9.59 Å². The van der Waals surface area contributed by atoms with Gasteiger partial charge in [-0.25, -0.2) is 4.79 Å². The van der Waals surface area contributed by atoms with Crippen LogP contribution in [0.3, 0.4) is 0 Å². The topological polar surface area (TPSA) is 76.5 Å². The van der Waals surface area contributed by atoms with Crippen LogP contribution in [0.5, 0.6) is 5.75 Å². The Balaban J connectivity index is 1.52. The fourth-order valence-corrected chi connectivity index (χ4v) is 2.77. The van der Waals surface area contributed by atoms with E-state index >= 15 is 0 Å². The van der Waals surface area contributed by atoms with Gasteiger partial charge in [0.05, 0.1) is 17.1 Å². The first kappa shape index (κ1) is 17.5. The van der Waals surface area contributed by atoms with Crippen molar-refractivity contribution in [2.24, 2.45) is 5.10 Å². The van der Waals surface area contributed by atoms with Crippen molar-refractivity contribution >= 4 is 17.1 Å². The first-order valence-electron chi connectivity index (χ1n) is 8.76. The molecule has 6 heteroatoms. The molecule has 6 nitrogen and oxygen atoms in total. The smallest absolute Gasteiger partial charge is 0.349 e. The van der Waals surface area contributed by atoms with Gasteiger partial charge in [-0.15, -0.1) is 4.68 Å². The number of nitrogens with zero attached hydrogens (tertiary/aromatic N) is 2. The van der Waals surface area contributed by atoms with Gasteiger partial charge in [0.1, 0.15) is 12.4 Å². The highest BCUT2D eigenvalue weighted by Crippen LogP contribution is 2.13. The van der Waals surface area contributed by atoms with E-state index in [0.29, 0.717) is 17.5 Å². The Morgan fingerprint density at radius 1 is 0.893 bits per heavy atom. The quantitative estimate of drug-likeness (QED) is 0.548. The fourth-order valence-electron chi connectivity index (χ4n) is 2.77. The maximum Gasteiger partial charge on any atom is 0.349 e. The molecule has 1 N–H and O–H groups in total. The zero-order chi connectivity index (χ0) is 19.3. The summed E-state index contributed by atoms with van der Waals surface area (Å²) in [5.74, 6) is 0.724. The van der Waals surface area contributed by atoms with Gasteiger partial charge in [0.15, 0.2) is 0 Å². The number of aromatic amines is 1. The van der Waals surface area contributed by atoms with Crippen LogP contribution in [0.25, 0.3) is 10.9 Å². The number of hydrogen-bond acceptors (Lipinski definition) is 4. The summed E-state index contributed by atoms with van der Waals surface area (Å²) in [5, 5.41) is 4.45. The van der Waals surface area contributed by atoms with Gasteiger partial charge in [0.25, 0.3) is 5.56 Å². The first-order valence-corrected chi connectivity index (χ1v) is 8.76. The van der Waals surface area contributed by atoms with Crippen molar-refractivity contribution in [1.29, 1.82) is 0 Å². The van der Waals surface area contributed by atoms with Crippen LogP contribution in [0, 0.1) is 0 Å². The third-order valence-electron chi connectivity index (χ3n) is 4.23. The summed E-state index contributed by atoms with van der Waals surface area (Å²) in [7, 11) is 0. The lowest BCUT2D eigenvalue weighted by Gasteiger charge is -2.06. The van der Waals surface area contributed by atoms with Crippen LogP contribution >= 0.6 is 0 Å². The average Bonchev–Trinajstić information content (AvgIpc) is 2.74. The molecule has 0 saturated carbocycles. The minimum absolute atomic E-state index is 0.406. The third kappa shape index (κ3) is 3.76. The van der Waals surface area contributed by atoms with E-state index in [1.165, 1.54) is 6.21 Å². The summed E-state index contributed by atoms with van der Waals surface area (Å²) in [5.41, 5.74) is 1.28. The van der Waals surface area contributed by atoms with Crippen LogP contribution in [0.1, 0.15) is 11.1 Å². The molecule has 0 saturated heterocycles. The molecule has 1 heterocycles. The van der Waals surface area contributed by atoms with E-state index in [4.69, 9.17) is 4.74 Å². The van der Waals surface area contributed by atoms with E-state index < -0.39 is 11.2 Å². The first-order chi connectivity index (χ1) is 13.7. The van der Waals surface area contributed by atoms with Crippen LogP contribution in [-0.4, -0.2) is 15.9 Å². The summed E-state index contributed by atoms with van der Waals surface area (Å²) in [6, 6.07) is 24.0. The van der Waals surface area contributed by atoms with Gasteiger partial charge < -0.3 is 9.72 Å². The standard InChI is InChI=1S/C22H17N3O3/c26-21-19-8-4-5-9-20(19)24-22(27)25(21)23-14-16-10-12-18(13-11-16)28-15-17-6-2-1-3-7-17/h1-14H,15H2,(H,24,27). The molecule has 4 rings (SSSR count). The van der Waals surface area contributed by atoms with Gasteiger partial charge >= 0.3 is 5.69 Å². The Hall–Kier alpha value is -3.93. The second-order valence-electron chi connectivity index (χ2n) is 6.18. The zero-order valence-electron chi connectivity index (χ0n) is 14.9. The van der Waals surface area contributed by atoms with Crippen molar-refractivity contribution in [1.82, 2.24) is 9.66 Å². The molecule has 0 aliphatic carbocycles. The van der Waals surface area contributed by atoms with E-state index in [0.717, 1.165) is 21.6 Å². The molecule has 0 atom stereocenters. The Morgan fingerprint density at radius 3 is 2.39 bits per heavy atom. The summed E-state index contributed by atoms with van der Waals surface area (Å²) in [6.45, 7) is 0.482. The highest BCUT2D eigenvalue weighted by Gasteiger charge is 2.05. The van der Waals surface area contributed by atoms with Gasteiger partial charge in [-0.2, -0.15) is 5.10 Å². The predicted octanol–water partition coefficient (Wildman–Crippen LogP) is 3.15. The maximum absolute atomic E-state index is 12.5. The Bertz CT molecular complexity index is 1240. The molecule has 138 valence electrons. The SMILES string of the molecule is O=c1[nH]c2ccccc2c(=O)n1N=Cc1ccc(OCc2ccccc2)cc1. The van der Waals surface area contributed by atoms with Gasteiger partial charge in [-0.05, 0) is 47.5 Å². The van der Waals surface area contributed by atoms with Crippen LogP contribution in [0.15, 0.2) is 93.6 Å². The molecule has 3 aromatic carbocycles. The van der Waals surface area contributed by atoms with Gasteiger partial charge in [-0.1, -0.05) is 42.5 Å². The molecule has 0 amide bonds. The van der Waals surface area contributed by atoms with Gasteiger partial charge in [0.2, 0.25) is 0 Å². The van der Waals surface area contributed by atoms with Gasteiger partial charge in [-0.3, -0.25) is 4.79 Å². The molecule has 28 heavy (non-hydrogen) atoms. The second-order valence-corrected chi connectivity index (χ2v) is 6.18. The molecule has 0 aliphatic rings. The Labute approximate surface area is 160 Å². The number of ether oxygens (including phenoxy) is 1. The molecule has 4 aromatic rings. The van der Waals surface area contributed by atoms with Crippen molar-refractivity contribution in [3.8, 4) is 5.75 Å². The normalized spacial score (nSPS) is 11.1.